The Hall–Kier alpha value is -2.46. The fourth-order valence-electron chi connectivity index (χ4n) is 4.52. The smallest absolute Gasteiger partial charge is 0.407 e. The van der Waals surface area contributed by atoms with Gasteiger partial charge >= 0.3 is 6.09 Å². The molecule has 1 spiro atoms. The van der Waals surface area contributed by atoms with E-state index in [0.717, 1.165) is 30.6 Å². The Labute approximate surface area is 188 Å². The Morgan fingerprint density at radius 3 is 2.44 bits per heavy atom. The van der Waals surface area contributed by atoms with E-state index in [-0.39, 0.29) is 30.3 Å². The van der Waals surface area contributed by atoms with Crippen LogP contribution in [0.1, 0.15) is 59.7 Å². The molecular weight excluding hydrogens is 434 g/mol. The molecule has 3 aliphatic rings. The van der Waals surface area contributed by atoms with Gasteiger partial charge in [0.25, 0.3) is 11.8 Å². The highest BCUT2D eigenvalue weighted by molar-refractivity contribution is 7.89. The van der Waals surface area contributed by atoms with Crippen molar-refractivity contribution in [2.75, 3.05) is 32.0 Å². The third-order valence-electron chi connectivity index (χ3n) is 6.66. The van der Waals surface area contributed by atoms with Gasteiger partial charge in [0.2, 0.25) is 10.0 Å². The molecule has 1 aromatic carbocycles. The average molecular weight is 464 g/mol. The minimum absolute atomic E-state index is 0.112. The molecule has 0 radical (unpaired) electrons. The number of carbonyl (C=O) groups is 3. The van der Waals surface area contributed by atoms with E-state index in [4.69, 9.17) is 4.74 Å². The second-order valence-corrected chi connectivity index (χ2v) is 10.9. The number of rotatable bonds is 8. The van der Waals surface area contributed by atoms with Crippen molar-refractivity contribution in [1.82, 2.24) is 14.5 Å². The molecule has 3 amide bonds. The van der Waals surface area contributed by atoms with Crippen LogP contribution in [0.25, 0.3) is 0 Å². The van der Waals surface area contributed by atoms with Gasteiger partial charge in [-0.15, -0.1) is 0 Å². The normalized spacial score (nSPS) is 22.2. The summed E-state index contributed by atoms with van der Waals surface area (Å²) in [5.41, 5.74) is 0.360. The Morgan fingerprint density at radius 2 is 1.84 bits per heavy atom. The number of nitrogens with one attached hydrogen (secondary N) is 1. The largest absolute Gasteiger partial charge is 0.450 e. The fraction of sp³-hybridized carbons (Fsp3) is 0.591. The third-order valence-corrected chi connectivity index (χ3v) is 8.45. The minimum Gasteiger partial charge on any atom is -0.450 e. The second-order valence-electron chi connectivity index (χ2n) is 8.79. The maximum atomic E-state index is 13.0. The number of piperidine rings is 1. The molecule has 174 valence electrons. The van der Waals surface area contributed by atoms with Gasteiger partial charge in [-0.1, -0.05) is 25.5 Å². The zero-order chi connectivity index (χ0) is 22.9. The lowest BCUT2D eigenvalue weighted by molar-refractivity contribution is 0.0663. The van der Waals surface area contributed by atoms with E-state index < -0.39 is 27.9 Å². The molecule has 2 heterocycles. The first kappa shape index (κ1) is 22.7. The van der Waals surface area contributed by atoms with Crippen molar-refractivity contribution in [2.45, 2.75) is 45.1 Å². The lowest BCUT2D eigenvalue weighted by Gasteiger charge is -2.38. The second kappa shape index (κ2) is 8.82. The number of imide groups is 1. The van der Waals surface area contributed by atoms with E-state index in [2.05, 4.69) is 5.32 Å². The van der Waals surface area contributed by atoms with E-state index in [9.17, 15) is 22.8 Å². The van der Waals surface area contributed by atoms with Crippen LogP contribution in [0.4, 0.5) is 4.79 Å². The van der Waals surface area contributed by atoms with Gasteiger partial charge in [0.05, 0.1) is 23.5 Å². The van der Waals surface area contributed by atoms with Crippen molar-refractivity contribution in [3.63, 3.8) is 0 Å². The Balaban J connectivity index is 1.33. The van der Waals surface area contributed by atoms with Crippen LogP contribution in [0.15, 0.2) is 24.3 Å². The number of hydrogen-bond acceptors (Lipinski definition) is 6. The maximum Gasteiger partial charge on any atom is 0.407 e. The lowest BCUT2D eigenvalue weighted by Crippen LogP contribution is -2.54. The molecule has 10 heteroatoms. The average Bonchev–Trinajstić information content (AvgIpc) is 3.50. The monoisotopic (exact) mass is 463 g/mol. The number of ether oxygens (including phenoxy) is 1. The van der Waals surface area contributed by atoms with E-state index in [1.807, 2.05) is 6.92 Å². The summed E-state index contributed by atoms with van der Waals surface area (Å²) in [7, 11) is -3.66. The summed E-state index contributed by atoms with van der Waals surface area (Å²) < 4.78 is 32.7. The number of fused-ring (bicyclic) bond motifs is 1. The summed E-state index contributed by atoms with van der Waals surface area (Å²) in [6.45, 7) is 2.83. The zero-order valence-electron chi connectivity index (χ0n) is 18.2. The Kier molecular flexibility index (Phi) is 6.26. The van der Waals surface area contributed by atoms with E-state index in [0.29, 0.717) is 30.7 Å². The van der Waals surface area contributed by atoms with Crippen molar-refractivity contribution in [1.29, 1.82) is 0 Å². The van der Waals surface area contributed by atoms with Crippen molar-refractivity contribution in [3.05, 3.63) is 35.4 Å². The van der Waals surface area contributed by atoms with Crippen molar-refractivity contribution >= 4 is 27.9 Å². The van der Waals surface area contributed by atoms with Crippen molar-refractivity contribution < 1.29 is 27.5 Å². The van der Waals surface area contributed by atoms with Gasteiger partial charge in [0, 0.05) is 31.1 Å². The summed E-state index contributed by atoms with van der Waals surface area (Å²) in [5.74, 6) is -1.22. The first-order valence-corrected chi connectivity index (χ1v) is 12.7. The van der Waals surface area contributed by atoms with Crippen LogP contribution in [0, 0.1) is 5.41 Å². The molecule has 1 unspecified atom stereocenters. The number of nitrogens with zero attached hydrogens (tertiary/aromatic N) is 2. The first-order valence-electron chi connectivity index (χ1n) is 11.1. The van der Waals surface area contributed by atoms with Gasteiger partial charge < -0.3 is 10.1 Å². The van der Waals surface area contributed by atoms with Crippen LogP contribution in [0.2, 0.25) is 0 Å². The van der Waals surface area contributed by atoms with Gasteiger partial charge in [0.1, 0.15) is 0 Å². The lowest BCUT2D eigenvalue weighted by atomic mass is 9.90. The van der Waals surface area contributed by atoms with Crippen LogP contribution in [-0.4, -0.2) is 73.6 Å². The highest BCUT2D eigenvalue weighted by atomic mass is 32.2. The molecule has 0 aromatic heterocycles. The van der Waals surface area contributed by atoms with Gasteiger partial charge in [-0.2, -0.15) is 0 Å². The van der Waals surface area contributed by atoms with Gasteiger partial charge in [-0.05, 0) is 37.8 Å². The Morgan fingerprint density at radius 1 is 1.19 bits per heavy atom. The molecule has 2 fully saturated rings. The number of sulfonamides is 1. The third kappa shape index (κ3) is 4.38. The van der Waals surface area contributed by atoms with E-state index in [1.54, 1.807) is 24.3 Å². The highest BCUT2D eigenvalue weighted by Gasteiger charge is 2.54. The van der Waals surface area contributed by atoms with Gasteiger partial charge in [-0.25, -0.2) is 17.5 Å². The van der Waals surface area contributed by atoms with Crippen molar-refractivity contribution in [3.8, 4) is 0 Å². The molecule has 1 saturated carbocycles. The summed E-state index contributed by atoms with van der Waals surface area (Å²) in [6, 6.07) is 6.39. The topological polar surface area (TPSA) is 113 Å². The standard InChI is InChI=1S/C22H29N3O6S/c1-2-3-13-31-21(28)23-18-8-11-24(15-22(18)9-10-22)32(29,30)14-12-25-19(26)16-6-4-5-7-17(16)20(25)27/h4-7,18H,2-3,8-15H2,1H3,(H,23,28). The highest BCUT2D eigenvalue weighted by Crippen LogP contribution is 2.52. The molecule has 1 N–H and O–H groups in total. The van der Waals surface area contributed by atoms with Crippen LogP contribution in [-0.2, 0) is 14.8 Å². The molecule has 32 heavy (non-hydrogen) atoms. The summed E-state index contributed by atoms with van der Waals surface area (Å²) in [6.07, 6.45) is 3.50. The quantitative estimate of drug-likeness (QED) is 0.466. The molecule has 2 aliphatic heterocycles. The first-order chi connectivity index (χ1) is 15.3. The number of alkyl carbamates (subject to hydrolysis) is 1. The SMILES string of the molecule is CCCCOC(=O)NC1CCN(S(=O)(=O)CCN2C(=O)c3ccccc3C2=O)CC12CC2. The molecule has 1 atom stereocenters. The van der Waals surface area contributed by atoms with Crippen molar-refractivity contribution in [2.24, 2.45) is 5.41 Å². The molecular formula is C22H29N3O6S. The minimum atomic E-state index is -3.66. The zero-order valence-corrected chi connectivity index (χ0v) is 19.0. The predicted octanol–water partition coefficient (Wildman–Crippen LogP) is 1.99. The number of hydrogen-bond donors (Lipinski definition) is 1. The van der Waals surface area contributed by atoms with E-state index in [1.165, 1.54) is 4.31 Å². The number of amides is 3. The summed E-state index contributed by atoms with van der Waals surface area (Å²) in [4.78, 5) is 38.1. The summed E-state index contributed by atoms with van der Waals surface area (Å²) >= 11 is 0. The number of unbranched alkanes of at least 4 members (excludes halogenated alkanes) is 1. The molecule has 1 saturated heterocycles. The molecule has 9 nitrogen and oxygen atoms in total. The molecule has 4 rings (SSSR count). The van der Waals surface area contributed by atoms with Gasteiger partial charge in [-0.3, -0.25) is 14.5 Å². The number of carbonyl (C=O) groups excluding carboxylic acids is 3. The molecule has 1 aliphatic carbocycles. The van der Waals surface area contributed by atoms with Crippen LogP contribution in [0.5, 0.6) is 0 Å². The molecule has 0 bridgehead atoms. The van der Waals surface area contributed by atoms with Crippen LogP contribution >= 0.6 is 0 Å². The van der Waals surface area contributed by atoms with Crippen LogP contribution in [0.3, 0.4) is 0 Å². The number of benzene rings is 1. The van der Waals surface area contributed by atoms with Gasteiger partial charge in [0.15, 0.2) is 0 Å². The van der Waals surface area contributed by atoms with Crippen LogP contribution < -0.4 is 5.32 Å². The summed E-state index contributed by atoms with van der Waals surface area (Å²) in [5, 5.41) is 2.92. The predicted molar refractivity (Wildman–Crippen MR) is 117 cm³/mol. The Bertz CT molecular complexity index is 985. The maximum absolute atomic E-state index is 13.0. The molecule has 1 aromatic rings. The fourth-order valence-corrected chi connectivity index (χ4v) is 6.03. The van der Waals surface area contributed by atoms with E-state index >= 15 is 0 Å².